The Hall–Kier alpha value is -3.58. The Morgan fingerprint density at radius 1 is 0.865 bits per heavy atom. The highest BCUT2D eigenvalue weighted by molar-refractivity contribution is 6.99. The number of hydrogen-bond donors (Lipinski definition) is 0. The molecule has 2 heterocycles. The zero-order chi connectivity index (χ0) is 36.9. The predicted molar refractivity (Wildman–Crippen MR) is 198 cm³/mol. The standard InChI is InChI=1S/C40H51N3O8Si/c1-26-22-23-27(2)35(51-52(40(3,4)5,29-18-12-8-13-19-29)30-20-14-9-15-21-30)34(26)49-39-33(42-43-41)37(46-25-32(44)45-6)36-31(48-39)24-47-38(50-36)28-16-10-7-11-17-28/h7-21,26-27,31,33-39H,22-25H2,1-6H3/t26-,27-,31?,33?,34+,35+,36-,37-,38?,39?/m1/s1. The van der Waals surface area contributed by atoms with Gasteiger partial charge in [-0.15, -0.1) is 0 Å². The summed E-state index contributed by atoms with van der Waals surface area (Å²) in [6.45, 7) is 11.0. The van der Waals surface area contributed by atoms with Gasteiger partial charge in [-0.05, 0) is 45.6 Å². The zero-order valence-corrected chi connectivity index (χ0v) is 31.9. The van der Waals surface area contributed by atoms with Gasteiger partial charge in [0.05, 0.1) is 25.9 Å². The highest BCUT2D eigenvalue weighted by Crippen LogP contribution is 2.44. The SMILES string of the molecule is COC(=O)CO[C@@H]1C(N=[N+]=[N-])C(O[C@@H]2[C@@H](O[Si](c3ccccc3)(c3ccccc3)C(C)(C)C)[C@H](C)CC[C@H]2C)OC2COC(c3ccccc3)O[C@H]21. The van der Waals surface area contributed by atoms with Crippen LogP contribution in [0.25, 0.3) is 10.4 Å². The van der Waals surface area contributed by atoms with E-state index in [-0.39, 0.29) is 36.2 Å². The Bertz CT molecular complexity index is 1620. The fourth-order valence-corrected chi connectivity index (χ4v) is 12.8. The maximum Gasteiger partial charge on any atom is 0.331 e. The fraction of sp³-hybridized carbons (Fsp3) is 0.525. The number of hydrogen-bond acceptors (Lipinski definition) is 9. The van der Waals surface area contributed by atoms with Gasteiger partial charge in [0, 0.05) is 10.5 Å². The summed E-state index contributed by atoms with van der Waals surface area (Å²) < 4.78 is 45.1. The fourth-order valence-electron chi connectivity index (χ4n) is 8.00. The van der Waals surface area contributed by atoms with Crippen molar-refractivity contribution in [2.24, 2.45) is 17.0 Å². The van der Waals surface area contributed by atoms with E-state index in [9.17, 15) is 10.3 Å². The first-order valence-corrected chi connectivity index (χ1v) is 20.1. The van der Waals surface area contributed by atoms with Crippen LogP contribution >= 0.6 is 0 Å². The van der Waals surface area contributed by atoms with E-state index in [1.807, 2.05) is 42.5 Å². The lowest BCUT2D eigenvalue weighted by atomic mass is 9.79. The second-order valence-corrected chi connectivity index (χ2v) is 19.4. The second-order valence-electron chi connectivity index (χ2n) is 15.1. The van der Waals surface area contributed by atoms with Gasteiger partial charge in [-0.2, -0.15) is 0 Å². The first-order valence-electron chi connectivity index (χ1n) is 18.2. The lowest BCUT2D eigenvalue weighted by Gasteiger charge is -2.52. The van der Waals surface area contributed by atoms with Crippen molar-refractivity contribution in [3.05, 3.63) is 107 Å². The van der Waals surface area contributed by atoms with Gasteiger partial charge < -0.3 is 32.8 Å². The van der Waals surface area contributed by atoms with Crippen molar-refractivity contribution in [3.8, 4) is 0 Å². The predicted octanol–water partition coefficient (Wildman–Crippen LogP) is 6.46. The van der Waals surface area contributed by atoms with Gasteiger partial charge in [-0.25, -0.2) is 4.79 Å². The van der Waals surface area contributed by atoms with Crippen LogP contribution in [0.5, 0.6) is 0 Å². The van der Waals surface area contributed by atoms with Crippen molar-refractivity contribution in [2.45, 2.75) is 102 Å². The molecule has 0 N–H and O–H groups in total. The third kappa shape index (κ3) is 7.85. The molecule has 3 aliphatic rings. The van der Waals surface area contributed by atoms with Crippen molar-refractivity contribution >= 4 is 24.7 Å². The van der Waals surface area contributed by atoms with E-state index in [0.29, 0.717) is 0 Å². The van der Waals surface area contributed by atoms with Gasteiger partial charge in [-0.1, -0.05) is 131 Å². The molecule has 1 aliphatic carbocycles. The maximum atomic E-state index is 12.3. The van der Waals surface area contributed by atoms with Crippen LogP contribution in [-0.2, 0) is 37.6 Å². The number of azide groups is 1. The molecule has 3 aromatic carbocycles. The molecule has 12 heteroatoms. The molecule has 2 aliphatic heterocycles. The molecule has 10 atom stereocenters. The van der Waals surface area contributed by atoms with Crippen LogP contribution in [0, 0.1) is 11.8 Å². The van der Waals surface area contributed by atoms with Gasteiger partial charge in [0.1, 0.15) is 31.0 Å². The van der Waals surface area contributed by atoms with Crippen molar-refractivity contribution in [2.75, 3.05) is 20.3 Å². The van der Waals surface area contributed by atoms with Gasteiger partial charge in [0.2, 0.25) is 0 Å². The summed E-state index contributed by atoms with van der Waals surface area (Å²) in [6.07, 6.45) is -2.87. The molecule has 11 nitrogen and oxygen atoms in total. The Morgan fingerprint density at radius 3 is 2.00 bits per heavy atom. The van der Waals surface area contributed by atoms with Crippen LogP contribution in [0.15, 0.2) is 96.1 Å². The van der Waals surface area contributed by atoms with Crippen molar-refractivity contribution < 1.29 is 37.6 Å². The highest BCUT2D eigenvalue weighted by Gasteiger charge is 2.56. The molecule has 3 fully saturated rings. The van der Waals surface area contributed by atoms with E-state index in [4.69, 9.17) is 32.8 Å². The topological polar surface area (TPSA) is 130 Å². The van der Waals surface area contributed by atoms with E-state index in [0.717, 1.165) is 18.4 Å². The van der Waals surface area contributed by atoms with Crippen molar-refractivity contribution in [3.63, 3.8) is 0 Å². The van der Waals surface area contributed by atoms with Gasteiger partial charge in [0.15, 0.2) is 12.6 Å². The van der Waals surface area contributed by atoms with Crippen LogP contribution < -0.4 is 10.4 Å². The van der Waals surface area contributed by atoms with Crippen LogP contribution in [0.2, 0.25) is 5.04 Å². The van der Waals surface area contributed by atoms with Gasteiger partial charge in [0.25, 0.3) is 8.32 Å². The van der Waals surface area contributed by atoms with E-state index in [1.165, 1.54) is 17.5 Å². The Morgan fingerprint density at radius 2 is 1.44 bits per heavy atom. The van der Waals surface area contributed by atoms with Gasteiger partial charge in [-0.3, -0.25) is 0 Å². The average molecular weight is 730 g/mol. The summed E-state index contributed by atoms with van der Waals surface area (Å²) >= 11 is 0. The molecule has 0 spiro atoms. The largest absolute Gasteiger partial charge is 0.467 e. The van der Waals surface area contributed by atoms with E-state index in [1.54, 1.807) is 0 Å². The number of carbonyl (C=O) groups excluding carboxylic acids is 1. The number of rotatable bonds is 11. The number of fused-ring (bicyclic) bond motifs is 1. The lowest BCUT2D eigenvalue weighted by molar-refractivity contribution is -0.355. The van der Waals surface area contributed by atoms with Crippen molar-refractivity contribution in [1.29, 1.82) is 0 Å². The van der Waals surface area contributed by atoms with Crippen LogP contribution in [0.3, 0.4) is 0 Å². The minimum absolute atomic E-state index is 0.0863. The molecule has 6 rings (SSSR count). The normalized spacial score (nSPS) is 30.8. The summed E-state index contributed by atoms with van der Waals surface area (Å²) in [5.74, 6) is -0.333. The van der Waals surface area contributed by atoms with Crippen LogP contribution in [0.4, 0.5) is 0 Å². The number of nitrogens with zero attached hydrogens (tertiary/aromatic N) is 3. The van der Waals surface area contributed by atoms with E-state index in [2.05, 4.69) is 93.2 Å². The molecule has 4 unspecified atom stereocenters. The Labute approximate surface area is 307 Å². The zero-order valence-electron chi connectivity index (χ0n) is 30.9. The number of esters is 1. The Kier molecular flexibility index (Phi) is 12.2. The lowest BCUT2D eigenvalue weighted by Crippen LogP contribution is -2.70. The van der Waals surface area contributed by atoms with Gasteiger partial charge >= 0.3 is 5.97 Å². The smallest absolute Gasteiger partial charge is 0.331 e. The molecular formula is C40H51N3O8Si. The van der Waals surface area contributed by atoms with Crippen LogP contribution in [-0.4, -0.2) is 77.5 Å². The molecule has 0 amide bonds. The number of methoxy groups -OCH3 is 1. The molecule has 278 valence electrons. The third-order valence-electron chi connectivity index (χ3n) is 10.7. The Balaban J connectivity index is 1.36. The summed E-state index contributed by atoms with van der Waals surface area (Å²) in [6, 6.07) is 29.7. The molecule has 0 aromatic heterocycles. The molecular weight excluding hydrogens is 679 g/mol. The van der Waals surface area contributed by atoms with Crippen LogP contribution in [0.1, 0.15) is 59.3 Å². The first-order chi connectivity index (χ1) is 25.1. The summed E-state index contributed by atoms with van der Waals surface area (Å²) in [7, 11) is -1.68. The molecule has 0 bridgehead atoms. The monoisotopic (exact) mass is 729 g/mol. The van der Waals surface area contributed by atoms with E-state index >= 15 is 0 Å². The maximum absolute atomic E-state index is 12.3. The average Bonchev–Trinajstić information content (AvgIpc) is 3.16. The number of ether oxygens (including phenoxy) is 6. The minimum Gasteiger partial charge on any atom is -0.467 e. The minimum atomic E-state index is -2.98. The summed E-state index contributed by atoms with van der Waals surface area (Å²) in [5, 5.41) is 6.30. The molecule has 3 aromatic rings. The molecule has 52 heavy (non-hydrogen) atoms. The third-order valence-corrected chi connectivity index (χ3v) is 15.8. The summed E-state index contributed by atoms with van der Waals surface area (Å²) in [4.78, 5) is 15.5. The number of carbonyl (C=O) groups is 1. The van der Waals surface area contributed by atoms with E-state index < -0.39 is 57.3 Å². The molecule has 0 radical (unpaired) electrons. The molecule has 2 saturated heterocycles. The first kappa shape index (κ1) is 38.2. The summed E-state index contributed by atoms with van der Waals surface area (Å²) in [5.41, 5.74) is 10.7. The second kappa shape index (κ2) is 16.6. The number of benzene rings is 3. The molecule has 1 saturated carbocycles. The quantitative estimate of drug-likeness (QED) is 0.0723. The highest BCUT2D eigenvalue weighted by atomic mass is 28.4. The van der Waals surface area contributed by atoms with Crippen molar-refractivity contribution in [1.82, 2.24) is 0 Å².